The maximum Gasteiger partial charge on any atom is 0.257 e. The zero-order valence-corrected chi connectivity index (χ0v) is 14.4. The van der Waals surface area contributed by atoms with Crippen molar-refractivity contribution in [2.24, 2.45) is 5.92 Å². The molecule has 1 aromatic heterocycles. The molecule has 0 radical (unpaired) electrons. The van der Waals surface area contributed by atoms with E-state index in [-0.39, 0.29) is 23.8 Å². The van der Waals surface area contributed by atoms with Gasteiger partial charge < -0.3 is 15.3 Å². The van der Waals surface area contributed by atoms with Gasteiger partial charge in [-0.1, -0.05) is 13.8 Å². The number of nitrogens with zero attached hydrogens (tertiary/aromatic N) is 3. The quantitative estimate of drug-likeness (QED) is 0.840. The van der Waals surface area contributed by atoms with Crippen molar-refractivity contribution >= 4 is 11.8 Å². The Morgan fingerprint density at radius 1 is 1.30 bits per heavy atom. The molecule has 1 aromatic rings. The smallest absolute Gasteiger partial charge is 0.257 e. The highest BCUT2D eigenvalue weighted by atomic mass is 16.3. The Balaban J connectivity index is 1.92. The predicted molar refractivity (Wildman–Crippen MR) is 85.9 cm³/mol. The molecule has 0 saturated carbocycles. The molecule has 1 fully saturated rings. The molecule has 1 saturated heterocycles. The highest BCUT2D eigenvalue weighted by Crippen LogP contribution is 2.23. The maximum absolute atomic E-state index is 12.4. The second-order valence-electron chi connectivity index (χ2n) is 7.20. The molecule has 1 atom stereocenters. The van der Waals surface area contributed by atoms with Crippen molar-refractivity contribution in [3.05, 3.63) is 18.0 Å². The van der Waals surface area contributed by atoms with E-state index in [1.807, 2.05) is 20.8 Å². The van der Waals surface area contributed by atoms with Crippen molar-refractivity contribution in [3.63, 3.8) is 0 Å². The molecule has 7 nitrogen and oxygen atoms in total. The van der Waals surface area contributed by atoms with Crippen LogP contribution in [0, 0.1) is 5.92 Å². The fourth-order valence-electron chi connectivity index (χ4n) is 2.61. The summed E-state index contributed by atoms with van der Waals surface area (Å²) in [7, 11) is 0. The molecule has 0 aliphatic carbocycles. The molecule has 7 heteroatoms. The van der Waals surface area contributed by atoms with Gasteiger partial charge in [-0.3, -0.25) is 14.3 Å². The number of hydrogen-bond donors (Lipinski definition) is 2. The van der Waals surface area contributed by atoms with E-state index < -0.39 is 11.6 Å². The Morgan fingerprint density at radius 2 is 1.91 bits per heavy atom. The first-order valence-electron chi connectivity index (χ1n) is 7.96. The van der Waals surface area contributed by atoms with Crippen molar-refractivity contribution in [1.29, 1.82) is 0 Å². The second kappa shape index (κ2) is 6.31. The third kappa shape index (κ3) is 3.72. The van der Waals surface area contributed by atoms with Crippen LogP contribution in [-0.2, 0) is 4.79 Å². The van der Waals surface area contributed by atoms with Crippen molar-refractivity contribution in [3.8, 4) is 0 Å². The van der Waals surface area contributed by atoms with Crippen molar-refractivity contribution in [1.82, 2.24) is 20.0 Å². The summed E-state index contributed by atoms with van der Waals surface area (Å²) in [5.74, 6) is -0.617. The first-order chi connectivity index (χ1) is 10.6. The first kappa shape index (κ1) is 17.5. The van der Waals surface area contributed by atoms with Crippen LogP contribution >= 0.6 is 0 Å². The number of amides is 2. The van der Waals surface area contributed by atoms with Crippen LogP contribution in [-0.4, -0.2) is 56.3 Å². The number of aromatic nitrogens is 2. The minimum absolute atomic E-state index is 0.0898. The first-order valence-corrected chi connectivity index (χ1v) is 7.96. The lowest BCUT2D eigenvalue weighted by molar-refractivity contribution is -0.135. The van der Waals surface area contributed by atoms with E-state index in [9.17, 15) is 14.7 Å². The molecular formula is C16H26N4O3. The highest BCUT2D eigenvalue weighted by molar-refractivity contribution is 5.94. The van der Waals surface area contributed by atoms with Crippen molar-refractivity contribution < 1.29 is 14.7 Å². The summed E-state index contributed by atoms with van der Waals surface area (Å²) in [6, 6.07) is 0.204. The van der Waals surface area contributed by atoms with Gasteiger partial charge in [0.2, 0.25) is 5.91 Å². The fraction of sp³-hybridized carbons (Fsp3) is 0.688. The number of rotatable bonds is 5. The average molecular weight is 322 g/mol. The van der Waals surface area contributed by atoms with E-state index in [0.717, 1.165) is 0 Å². The van der Waals surface area contributed by atoms with Crippen LogP contribution in [0.2, 0.25) is 0 Å². The lowest BCUT2D eigenvalue weighted by Gasteiger charge is -2.48. The van der Waals surface area contributed by atoms with Gasteiger partial charge in [0, 0.05) is 25.3 Å². The van der Waals surface area contributed by atoms with Gasteiger partial charge >= 0.3 is 0 Å². The van der Waals surface area contributed by atoms with Crippen LogP contribution in [0.3, 0.4) is 0 Å². The molecule has 2 rings (SSSR count). The number of nitrogens with one attached hydrogen (secondary N) is 1. The Hall–Kier alpha value is -1.89. The van der Waals surface area contributed by atoms with Crippen molar-refractivity contribution in [2.75, 3.05) is 13.1 Å². The topological polar surface area (TPSA) is 87.5 Å². The van der Waals surface area contributed by atoms with E-state index in [1.54, 1.807) is 35.8 Å². The number of likely N-dealkylation sites (tertiary alicyclic amines) is 1. The molecule has 128 valence electrons. The minimum Gasteiger partial charge on any atom is -0.383 e. The zero-order chi connectivity index (χ0) is 17.4. The van der Waals surface area contributed by atoms with Gasteiger partial charge in [0.15, 0.2) is 0 Å². The molecule has 0 unspecified atom stereocenters. The van der Waals surface area contributed by atoms with Crippen LogP contribution in [0.25, 0.3) is 0 Å². The Bertz CT molecular complexity index is 588. The van der Waals surface area contributed by atoms with E-state index in [1.165, 1.54) is 0 Å². The molecule has 0 aromatic carbocycles. The van der Waals surface area contributed by atoms with Gasteiger partial charge in [-0.05, 0) is 26.7 Å². The SMILES string of the molecule is CC(C)[C@@H](O)C(=O)NC1(C)CN(C(=O)c2cnn(C(C)C)c2)C1. The standard InChI is InChI=1S/C16H26N4O3/c1-10(2)13(21)14(22)18-16(5)8-19(9-16)15(23)12-6-17-20(7-12)11(3)4/h6-7,10-11,13,21H,8-9H2,1-5H3,(H,18,22)/t13-/m1/s1. The summed E-state index contributed by atoms with van der Waals surface area (Å²) in [6.07, 6.45) is 2.28. The van der Waals surface area contributed by atoms with Gasteiger partial charge in [-0.15, -0.1) is 0 Å². The van der Waals surface area contributed by atoms with Crippen LogP contribution in [0.1, 0.15) is 51.0 Å². The molecule has 2 N–H and O–H groups in total. The van der Waals surface area contributed by atoms with Gasteiger partial charge in [0.05, 0.1) is 17.3 Å². The van der Waals surface area contributed by atoms with Gasteiger partial charge in [-0.25, -0.2) is 0 Å². The highest BCUT2D eigenvalue weighted by Gasteiger charge is 2.43. The van der Waals surface area contributed by atoms with Crippen LogP contribution in [0.15, 0.2) is 12.4 Å². The number of aliphatic hydroxyl groups excluding tert-OH is 1. The summed E-state index contributed by atoms with van der Waals surface area (Å²) in [5.41, 5.74) is 0.0608. The molecule has 1 aliphatic heterocycles. The molecule has 1 aliphatic rings. The van der Waals surface area contributed by atoms with Crippen LogP contribution in [0.5, 0.6) is 0 Å². The predicted octanol–water partition coefficient (Wildman–Crippen LogP) is 0.812. The monoisotopic (exact) mass is 322 g/mol. The Morgan fingerprint density at radius 3 is 2.39 bits per heavy atom. The molecule has 0 spiro atoms. The summed E-state index contributed by atoms with van der Waals surface area (Å²) < 4.78 is 1.74. The summed E-state index contributed by atoms with van der Waals surface area (Å²) in [4.78, 5) is 26.0. The van der Waals surface area contributed by atoms with E-state index in [4.69, 9.17) is 0 Å². The normalized spacial score (nSPS) is 18.0. The van der Waals surface area contributed by atoms with Crippen LogP contribution < -0.4 is 5.32 Å². The number of aliphatic hydroxyl groups is 1. The largest absolute Gasteiger partial charge is 0.383 e. The van der Waals surface area contributed by atoms with Gasteiger partial charge in [0.25, 0.3) is 5.91 Å². The molecule has 2 amide bonds. The molecule has 0 bridgehead atoms. The van der Waals surface area contributed by atoms with Crippen LogP contribution in [0.4, 0.5) is 0 Å². The maximum atomic E-state index is 12.4. The molecule has 23 heavy (non-hydrogen) atoms. The fourth-order valence-corrected chi connectivity index (χ4v) is 2.61. The zero-order valence-electron chi connectivity index (χ0n) is 14.4. The van der Waals surface area contributed by atoms with Gasteiger partial charge in [0.1, 0.15) is 6.10 Å². The number of carbonyl (C=O) groups is 2. The third-order valence-electron chi connectivity index (χ3n) is 4.07. The average Bonchev–Trinajstić information content (AvgIpc) is 2.92. The summed E-state index contributed by atoms with van der Waals surface area (Å²) in [6.45, 7) is 10.3. The van der Waals surface area contributed by atoms with E-state index >= 15 is 0 Å². The molecular weight excluding hydrogens is 296 g/mol. The Kier molecular flexibility index (Phi) is 4.79. The van der Waals surface area contributed by atoms with E-state index in [0.29, 0.717) is 18.7 Å². The lowest BCUT2D eigenvalue weighted by atomic mass is 9.90. The van der Waals surface area contributed by atoms with Gasteiger partial charge in [-0.2, -0.15) is 5.10 Å². The van der Waals surface area contributed by atoms with E-state index in [2.05, 4.69) is 10.4 Å². The van der Waals surface area contributed by atoms with Crippen molar-refractivity contribution in [2.45, 2.75) is 52.3 Å². The third-order valence-corrected chi connectivity index (χ3v) is 4.07. The number of carbonyl (C=O) groups excluding carboxylic acids is 2. The second-order valence-corrected chi connectivity index (χ2v) is 7.20. The Labute approximate surface area is 136 Å². The molecule has 2 heterocycles. The summed E-state index contributed by atoms with van der Waals surface area (Å²) >= 11 is 0. The minimum atomic E-state index is -1.03. The summed E-state index contributed by atoms with van der Waals surface area (Å²) in [5, 5.41) is 16.8. The number of hydrogen-bond acceptors (Lipinski definition) is 4. The lowest BCUT2D eigenvalue weighted by Crippen LogP contribution is -2.70.